The van der Waals surface area contributed by atoms with E-state index in [0.717, 1.165) is 10.9 Å². The zero-order valence-electron chi connectivity index (χ0n) is 10.4. The molecule has 0 amide bonds. The summed E-state index contributed by atoms with van der Waals surface area (Å²) >= 11 is 0. The summed E-state index contributed by atoms with van der Waals surface area (Å²) in [6, 6.07) is 18.4. The van der Waals surface area contributed by atoms with E-state index in [1.165, 1.54) is 6.20 Å². The number of nitrogens with one attached hydrogen (secondary N) is 1. The molecule has 0 aliphatic rings. The van der Waals surface area contributed by atoms with Gasteiger partial charge in [0.2, 0.25) is 0 Å². The van der Waals surface area contributed by atoms with Crippen LogP contribution in [0.1, 0.15) is 0 Å². The second kappa shape index (κ2) is 4.94. The number of nitrogens with zero attached hydrogens (tertiary/aromatic N) is 1. The van der Waals surface area contributed by atoms with Gasteiger partial charge in [-0.25, -0.2) is 8.42 Å². The average molecular weight is 283 g/mol. The number of rotatable bonds is 3. The van der Waals surface area contributed by atoms with E-state index in [-0.39, 0.29) is 4.90 Å². The molecular formula is C15H11N2O2S. The van der Waals surface area contributed by atoms with Gasteiger partial charge in [-0.3, -0.25) is 9.71 Å². The molecule has 2 aromatic carbocycles. The summed E-state index contributed by atoms with van der Waals surface area (Å²) in [5, 5.41) is 0.789. The average Bonchev–Trinajstić information content (AvgIpc) is 2.47. The zero-order chi connectivity index (χ0) is 14.0. The molecule has 99 valence electrons. The molecule has 20 heavy (non-hydrogen) atoms. The SMILES string of the molecule is O=S(=O)(Nc1cc[c]cc1)c1cnc2ccccc2c1. The Morgan fingerprint density at radius 1 is 1.05 bits per heavy atom. The van der Waals surface area contributed by atoms with E-state index in [9.17, 15) is 8.42 Å². The van der Waals surface area contributed by atoms with Gasteiger partial charge in [0.05, 0.1) is 5.52 Å². The molecular weight excluding hydrogens is 272 g/mol. The van der Waals surface area contributed by atoms with Crippen LogP contribution >= 0.6 is 0 Å². The molecule has 0 saturated carbocycles. The first-order chi connectivity index (χ1) is 9.65. The van der Waals surface area contributed by atoms with Crippen LogP contribution in [0.4, 0.5) is 5.69 Å². The summed E-state index contributed by atoms with van der Waals surface area (Å²) < 4.78 is 27.1. The molecule has 1 heterocycles. The Bertz CT molecular complexity index is 846. The molecule has 3 aromatic rings. The van der Waals surface area contributed by atoms with Gasteiger partial charge >= 0.3 is 0 Å². The van der Waals surface area contributed by atoms with Crippen molar-refractivity contribution in [2.45, 2.75) is 4.90 Å². The number of sulfonamides is 1. The first kappa shape index (κ1) is 12.6. The maximum Gasteiger partial charge on any atom is 0.263 e. The fourth-order valence-electron chi connectivity index (χ4n) is 1.87. The minimum absolute atomic E-state index is 0.143. The lowest BCUT2D eigenvalue weighted by Crippen LogP contribution is -2.13. The highest BCUT2D eigenvalue weighted by atomic mass is 32.2. The molecule has 1 radical (unpaired) electrons. The first-order valence-electron chi connectivity index (χ1n) is 5.99. The van der Waals surface area contributed by atoms with Crippen LogP contribution in [0.3, 0.4) is 0 Å². The molecule has 0 atom stereocenters. The minimum Gasteiger partial charge on any atom is -0.280 e. The predicted octanol–water partition coefficient (Wildman–Crippen LogP) is 2.84. The summed E-state index contributed by atoms with van der Waals surface area (Å²) in [5.74, 6) is 0. The van der Waals surface area contributed by atoms with Crippen molar-refractivity contribution in [1.82, 2.24) is 4.98 Å². The third-order valence-electron chi connectivity index (χ3n) is 2.85. The minimum atomic E-state index is -3.63. The summed E-state index contributed by atoms with van der Waals surface area (Å²) in [4.78, 5) is 4.31. The van der Waals surface area contributed by atoms with Crippen LogP contribution in [-0.2, 0) is 10.0 Å². The standard InChI is InChI=1S/C15H11N2O2S/c18-20(19,17-13-7-2-1-3-8-13)14-10-12-6-4-5-9-15(12)16-11-14/h2-11,17H. The second-order valence-electron chi connectivity index (χ2n) is 4.26. The van der Waals surface area contributed by atoms with Crippen LogP contribution < -0.4 is 4.72 Å². The molecule has 4 nitrogen and oxygen atoms in total. The van der Waals surface area contributed by atoms with Crippen LogP contribution in [0.15, 0.2) is 65.7 Å². The highest BCUT2D eigenvalue weighted by Gasteiger charge is 2.15. The van der Waals surface area contributed by atoms with E-state index < -0.39 is 10.0 Å². The van der Waals surface area contributed by atoms with Crippen molar-refractivity contribution < 1.29 is 8.42 Å². The molecule has 0 saturated heterocycles. The molecule has 0 bridgehead atoms. The van der Waals surface area contributed by atoms with E-state index in [1.54, 1.807) is 30.3 Å². The monoisotopic (exact) mass is 283 g/mol. The summed E-state index contributed by atoms with van der Waals surface area (Å²) in [5.41, 5.74) is 1.26. The third kappa shape index (κ3) is 2.48. The quantitative estimate of drug-likeness (QED) is 0.804. The molecule has 0 unspecified atom stereocenters. The highest BCUT2D eigenvalue weighted by Crippen LogP contribution is 2.19. The lowest BCUT2D eigenvalue weighted by atomic mass is 10.2. The third-order valence-corrected chi connectivity index (χ3v) is 4.19. The molecule has 0 spiro atoms. The van der Waals surface area contributed by atoms with Crippen molar-refractivity contribution in [1.29, 1.82) is 0 Å². The number of benzene rings is 2. The Kier molecular flexibility index (Phi) is 3.12. The van der Waals surface area contributed by atoms with Crippen molar-refractivity contribution in [3.8, 4) is 0 Å². The van der Waals surface area contributed by atoms with Crippen molar-refractivity contribution in [3.63, 3.8) is 0 Å². The summed E-state index contributed by atoms with van der Waals surface area (Å²) in [6.07, 6.45) is 1.36. The Balaban J connectivity index is 2.01. The molecule has 0 aliphatic carbocycles. The number of hydrogen-bond donors (Lipinski definition) is 1. The van der Waals surface area contributed by atoms with Crippen LogP contribution in [-0.4, -0.2) is 13.4 Å². The highest BCUT2D eigenvalue weighted by molar-refractivity contribution is 7.92. The Labute approximate surface area is 117 Å². The van der Waals surface area contributed by atoms with Crippen molar-refractivity contribution in [2.24, 2.45) is 0 Å². The van der Waals surface area contributed by atoms with Crippen LogP contribution in [0.2, 0.25) is 0 Å². The summed E-state index contributed by atoms with van der Waals surface area (Å²) in [6.45, 7) is 0. The number of aromatic nitrogens is 1. The Morgan fingerprint density at radius 2 is 1.80 bits per heavy atom. The van der Waals surface area contributed by atoms with Gasteiger partial charge in [-0.1, -0.05) is 30.3 Å². The first-order valence-corrected chi connectivity index (χ1v) is 7.47. The van der Waals surface area contributed by atoms with E-state index in [0.29, 0.717) is 5.69 Å². The molecule has 1 aromatic heterocycles. The molecule has 0 fully saturated rings. The lowest BCUT2D eigenvalue weighted by Gasteiger charge is -2.08. The predicted molar refractivity (Wildman–Crippen MR) is 77.8 cm³/mol. The van der Waals surface area contributed by atoms with E-state index >= 15 is 0 Å². The summed E-state index contributed by atoms with van der Waals surface area (Å²) in [7, 11) is -3.63. The van der Waals surface area contributed by atoms with Crippen LogP contribution in [0.5, 0.6) is 0 Å². The number of fused-ring (bicyclic) bond motifs is 1. The molecule has 0 aliphatic heterocycles. The second-order valence-corrected chi connectivity index (χ2v) is 5.94. The number of para-hydroxylation sites is 1. The Hall–Kier alpha value is -2.40. The van der Waals surface area contributed by atoms with Gasteiger partial charge in [-0.15, -0.1) is 0 Å². The van der Waals surface area contributed by atoms with E-state index in [1.807, 2.05) is 24.3 Å². The van der Waals surface area contributed by atoms with E-state index in [2.05, 4.69) is 15.8 Å². The van der Waals surface area contributed by atoms with Gasteiger partial charge in [0.15, 0.2) is 0 Å². The topological polar surface area (TPSA) is 59.1 Å². The van der Waals surface area contributed by atoms with Gasteiger partial charge in [-0.05, 0) is 30.3 Å². The Morgan fingerprint density at radius 3 is 2.60 bits per heavy atom. The lowest BCUT2D eigenvalue weighted by molar-refractivity contribution is 0.601. The zero-order valence-corrected chi connectivity index (χ0v) is 11.3. The smallest absolute Gasteiger partial charge is 0.263 e. The van der Waals surface area contributed by atoms with Crippen molar-refractivity contribution in [3.05, 3.63) is 66.9 Å². The van der Waals surface area contributed by atoms with Gasteiger partial charge in [0.25, 0.3) is 10.0 Å². The fourth-order valence-corrected chi connectivity index (χ4v) is 2.90. The van der Waals surface area contributed by atoms with E-state index in [4.69, 9.17) is 0 Å². The molecule has 3 rings (SSSR count). The van der Waals surface area contributed by atoms with Gasteiger partial charge in [-0.2, -0.15) is 0 Å². The van der Waals surface area contributed by atoms with Crippen LogP contribution in [0.25, 0.3) is 10.9 Å². The van der Waals surface area contributed by atoms with Crippen LogP contribution in [0, 0.1) is 6.07 Å². The van der Waals surface area contributed by atoms with Gasteiger partial charge in [0, 0.05) is 17.3 Å². The number of anilines is 1. The largest absolute Gasteiger partial charge is 0.280 e. The normalized spacial score (nSPS) is 11.4. The van der Waals surface area contributed by atoms with Crippen molar-refractivity contribution in [2.75, 3.05) is 4.72 Å². The maximum atomic E-state index is 12.3. The fraction of sp³-hybridized carbons (Fsp3) is 0. The number of hydrogen-bond acceptors (Lipinski definition) is 3. The van der Waals surface area contributed by atoms with Gasteiger partial charge < -0.3 is 0 Å². The van der Waals surface area contributed by atoms with Crippen molar-refractivity contribution >= 4 is 26.6 Å². The number of pyridine rings is 1. The maximum absolute atomic E-state index is 12.3. The van der Waals surface area contributed by atoms with Gasteiger partial charge in [0.1, 0.15) is 4.90 Å². The molecule has 5 heteroatoms. The molecule has 1 N–H and O–H groups in total.